The van der Waals surface area contributed by atoms with Gasteiger partial charge in [0.05, 0.1) is 0 Å². The average Bonchev–Trinajstić information content (AvgIpc) is 3.71. The molecule has 0 atom stereocenters. The predicted molar refractivity (Wildman–Crippen MR) is 234 cm³/mol. The van der Waals surface area contributed by atoms with Crippen LogP contribution in [0.4, 0.5) is 0 Å². The van der Waals surface area contributed by atoms with Crippen molar-refractivity contribution in [1.82, 2.24) is 0 Å². The van der Waals surface area contributed by atoms with Gasteiger partial charge in [-0.2, -0.15) is 35.4 Å². The summed E-state index contributed by atoms with van der Waals surface area (Å²) >= 11 is -0.826. The van der Waals surface area contributed by atoms with E-state index in [1.807, 2.05) is 0 Å². The number of fused-ring (bicyclic) bond motifs is 6. The molecule has 0 unspecified atom stereocenters. The minimum absolute atomic E-state index is 0.177. The van der Waals surface area contributed by atoms with Gasteiger partial charge in [0.1, 0.15) is 0 Å². The maximum atomic E-state index is 4.93. The number of hydrogen-bond acceptors (Lipinski definition) is 0. The van der Waals surface area contributed by atoms with Crippen molar-refractivity contribution in [3.05, 3.63) is 149 Å². The molecule has 8 rings (SSSR count). The zero-order chi connectivity index (χ0) is 38.3. The van der Waals surface area contributed by atoms with Crippen LogP contribution < -0.4 is 0 Å². The van der Waals surface area contributed by atoms with E-state index in [0.29, 0.717) is 0 Å². The van der Waals surface area contributed by atoms with Gasteiger partial charge in [0, 0.05) is 9.52 Å². The van der Waals surface area contributed by atoms with E-state index in [4.69, 9.17) is 17.0 Å². The second kappa shape index (κ2) is 18.2. The molecule has 0 bridgehead atoms. The molecule has 0 aliphatic heterocycles. The van der Waals surface area contributed by atoms with Crippen molar-refractivity contribution in [2.75, 3.05) is 0 Å². The van der Waals surface area contributed by atoms with Crippen LogP contribution in [0.2, 0.25) is 13.1 Å². The van der Waals surface area contributed by atoms with Crippen LogP contribution >= 0.6 is 17.0 Å². The topological polar surface area (TPSA) is 0 Å². The molecular formula is C49H52Cl2SiZr. The monoisotopic (exact) mass is 828 g/mol. The summed E-state index contributed by atoms with van der Waals surface area (Å²) in [4.78, 5) is 0. The van der Waals surface area contributed by atoms with Gasteiger partial charge in [0.15, 0.2) is 0 Å². The third-order valence-corrected chi connectivity index (χ3v) is 9.92. The molecule has 7 aromatic rings. The SMILES string of the molecule is CC(C)(C)c1c[c-]c2c(c1)-c1cc(C(C)(C)C)ccc1C2.CCCc1cc2c(-c3c4ccccc4cc4ccccc34)cccc2[cH-]1.C[Si]C.[Cl][Zr+2][Cl]. The van der Waals surface area contributed by atoms with Crippen LogP contribution in [0.3, 0.4) is 0 Å². The molecule has 0 saturated carbocycles. The maximum absolute atomic E-state index is 4.93. The number of hydrogen-bond donors (Lipinski definition) is 0. The summed E-state index contributed by atoms with van der Waals surface area (Å²) in [6.07, 6.45) is 3.35. The third-order valence-electron chi connectivity index (χ3n) is 9.92. The van der Waals surface area contributed by atoms with E-state index < -0.39 is 20.8 Å². The third kappa shape index (κ3) is 9.69. The Morgan fingerprint density at radius 1 is 0.679 bits per heavy atom. The fraction of sp³-hybridized carbons (Fsp3) is 0.286. The Labute approximate surface area is 340 Å². The minimum atomic E-state index is -0.826. The molecule has 0 fully saturated rings. The average molecular weight is 831 g/mol. The molecule has 0 N–H and O–H groups in total. The summed E-state index contributed by atoms with van der Waals surface area (Å²) in [5.74, 6) is 0. The molecule has 0 amide bonds. The van der Waals surface area contributed by atoms with E-state index in [-0.39, 0.29) is 10.8 Å². The molecule has 7 aromatic carbocycles. The summed E-state index contributed by atoms with van der Waals surface area (Å²) in [6.45, 7) is 20.2. The Morgan fingerprint density at radius 3 is 1.85 bits per heavy atom. The van der Waals surface area contributed by atoms with E-state index in [1.165, 1.54) is 88.8 Å². The van der Waals surface area contributed by atoms with Gasteiger partial charge in [-0.3, -0.25) is 0 Å². The first kappa shape index (κ1) is 41.3. The van der Waals surface area contributed by atoms with E-state index in [0.717, 1.165) is 22.4 Å². The van der Waals surface area contributed by atoms with Crippen LogP contribution in [0.5, 0.6) is 0 Å². The van der Waals surface area contributed by atoms with Crippen molar-refractivity contribution in [2.45, 2.75) is 91.7 Å². The second-order valence-electron chi connectivity index (χ2n) is 16.0. The van der Waals surface area contributed by atoms with Crippen LogP contribution in [-0.4, -0.2) is 9.52 Å². The molecule has 1 aliphatic rings. The summed E-state index contributed by atoms with van der Waals surface area (Å²) in [5.41, 5.74) is 12.9. The summed E-state index contributed by atoms with van der Waals surface area (Å²) < 4.78 is 0. The van der Waals surface area contributed by atoms with E-state index in [1.54, 1.807) is 0 Å². The molecule has 270 valence electrons. The van der Waals surface area contributed by atoms with Crippen molar-refractivity contribution in [2.24, 2.45) is 0 Å². The zero-order valence-corrected chi connectivity index (χ0v) is 37.8. The first-order chi connectivity index (χ1) is 25.3. The van der Waals surface area contributed by atoms with Crippen LogP contribution in [-0.2, 0) is 44.5 Å². The van der Waals surface area contributed by atoms with Gasteiger partial charge in [0.25, 0.3) is 0 Å². The van der Waals surface area contributed by atoms with Crippen molar-refractivity contribution < 1.29 is 20.8 Å². The standard InChI is InChI=1S/C26H21.C21H25.C2H6Si.2ClH.Zr/c1-2-8-18-15-19-11-7-14-24(25(19)16-18)26-22-12-5-3-9-20(22)17-21-10-4-6-13-23(21)26;1-20(2,3)16-9-7-14-11-15-8-10-17(21(4,5)6)13-19(15)18(14)12-16;1-3-2;;;/h3-7,9-17H,2,8H2,1H3;7,9-10,12-13H,11H2,1-6H3;1-2H3;2*1H;/q2*-1;;;;+4/p-2. The fourth-order valence-electron chi connectivity index (χ4n) is 7.24. The van der Waals surface area contributed by atoms with Crippen molar-refractivity contribution >= 4 is 58.9 Å². The number of halogens is 2. The molecule has 1 aliphatic carbocycles. The molecule has 0 saturated heterocycles. The fourth-order valence-corrected chi connectivity index (χ4v) is 7.24. The molecule has 0 spiro atoms. The van der Waals surface area contributed by atoms with E-state index >= 15 is 0 Å². The number of benzene rings is 6. The second-order valence-corrected chi connectivity index (χ2v) is 20.7. The summed E-state index contributed by atoms with van der Waals surface area (Å²) in [5, 5.41) is 7.99. The zero-order valence-electron chi connectivity index (χ0n) is 32.8. The first-order valence-corrected chi connectivity index (χ1v) is 27.0. The predicted octanol–water partition coefficient (Wildman–Crippen LogP) is 15.3. The normalized spacial score (nSPS) is 11.8. The molecular weight excluding hydrogens is 779 g/mol. The van der Waals surface area contributed by atoms with E-state index in [9.17, 15) is 0 Å². The Bertz CT molecular complexity index is 2180. The van der Waals surface area contributed by atoms with Gasteiger partial charge in [-0.15, -0.1) is 40.1 Å². The first-order valence-electron chi connectivity index (χ1n) is 18.7. The van der Waals surface area contributed by atoms with Gasteiger partial charge < -0.3 is 0 Å². The molecule has 2 radical (unpaired) electrons. The molecule has 0 heterocycles. The molecule has 53 heavy (non-hydrogen) atoms. The van der Waals surface area contributed by atoms with Crippen molar-refractivity contribution in [1.29, 1.82) is 0 Å². The number of aryl methyl sites for hydroxylation is 1. The van der Waals surface area contributed by atoms with Crippen LogP contribution in [0.1, 0.15) is 82.7 Å². The van der Waals surface area contributed by atoms with Gasteiger partial charge >= 0.3 is 37.9 Å². The summed E-state index contributed by atoms with van der Waals surface area (Å²) in [7, 11) is 11.0. The summed E-state index contributed by atoms with van der Waals surface area (Å²) in [6, 6.07) is 46.4. The Morgan fingerprint density at radius 2 is 1.26 bits per heavy atom. The van der Waals surface area contributed by atoms with E-state index in [2.05, 4.69) is 183 Å². The van der Waals surface area contributed by atoms with Gasteiger partial charge in [-0.25, -0.2) is 0 Å². The van der Waals surface area contributed by atoms with Crippen LogP contribution in [0.25, 0.3) is 54.6 Å². The Kier molecular flexibility index (Phi) is 14.2. The van der Waals surface area contributed by atoms with Crippen LogP contribution in [0, 0.1) is 6.07 Å². The van der Waals surface area contributed by atoms with Crippen molar-refractivity contribution in [3.8, 4) is 22.3 Å². The van der Waals surface area contributed by atoms with Gasteiger partial charge in [-0.05, 0) is 57.0 Å². The molecule has 0 aromatic heterocycles. The van der Waals surface area contributed by atoms with Crippen LogP contribution in [0.15, 0.2) is 115 Å². The van der Waals surface area contributed by atoms with Gasteiger partial charge in [0.2, 0.25) is 0 Å². The molecule has 4 heteroatoms. The Balaban J connectivity index is 0.000000181. The molecule has 0 nitrogen and oxygen atoms in total. The Hall–Kier alpha value is -2.87. The quantitative estimate of drug-likeness (QED) is 0.0945. The van der Waals surface area contributed by atoms with Gasteiger partial charge in [-0.1, -0.05) is 163 Å². The number of rotatable bonds is 3. The van der Waals surface area contributed by atoms with Crippen molar-refractivity contribution in [3.63, 3.8) is 0 Å².